The molecule has 27 heavy (non-hydrogen) atoms. The standard InChI is InChI=1S/C20H15NO4S2/c1-13-2-8-17(9-3-13)27(24,25)12-16-10-18(26-19(16)20(22)23)15-6-4-14(11-21)5-7-15/h2-10H,12H2,1H3,(H,22,23). The molecule has 0 spiro atoms. The molecule has 0 fully saturated rings. The van der Waals surface area contributed by atoms with Gasteiger partial charge in [-0.2, -0.15) is 5.26 Å². The molecular formula is C20H15NO4S2. The van der Waals surface area contributed by atoms with Gasteiger partial charge in [-0.1, -0.05) is 29.8 Å². The number of nitriles is 1. The van der Waals surface area contributed by atoms with Crippen molar-refractivity contribution >= 4 is 27.1 Å². The van der Waals surface area contributed by atoms with E-state index in [1.165, 1.54) is 12.1 Å². The minimum absolute atomic E-state index is 0.00467. The summed E-state index contributed by atoms with van der Waals surface area (Å²) < 4.78 is 25.4. The summed E-state index contributed by atoms with van der Waals surface area (Å²) in [6.07, 6.45) is 0. The van der Waals surface area contributed by atoms with E-state index < -0.39 is 15.8 Å². The molecule has 0 aliphatic carbocycles. The van der Waals surface area contributed by atoms with Crippen molar-refractivity contribution in [1.82, 2.24) is 0 Å². The first kappa shape index (κ1) is 18.8. The normalized spacial score (nSPS) is 11.1. The lowest BCUT2D eigenvalue weighted by atomic mass is 10.1. The predicted molar refractivity (Wildman–Crippen MR) is 103 cm³/mol. The number of thiophene rings is 1. The summed E-state index contributed by atoms with van der Waals surface area (Å²) in [6, 6.07) is 16.8. The second-order valence-corrected chi connectivity index (χ2v) is 9.07. The number of nitrogens with zero attached hydrogens (tertiary/aromatic N) is 1. The van der Waals surface area contributed by atoms with Gasteiger partial charge in [0.05, 0.1) is 22.3 Å². The van der Waals surface area contributed by atoms with E-state index in [1.54, 1.807) is 42.5 Å². The van der Waals surface area contributed by atoms with Crippen LogP contribution in [0.15, 0.2) is 59.5 Å². The highest BCUT2D eigenvalue weighted by Crippen LogP contribution is 2.33. The lowest BCUT2D eigenvalue weighted by Crippen LogP contribution is -2.07. The van der Waals surface area contributed by atoms with Crippen LogP contribution in [-0.4, -0.2) is 19.5 Å². The maximum Gasteiger partial charge on any atom is 0.346 e. The Balaban J connectivity index is 1.99. The van der Waals surface area contributed by atoms with Crippen LogP contribution in [0, 0.1) is 18.3 Å². The molecule has 0 aliphatic heterocycles. The number of carboxylic acids is 1. The second-order valence-electron chi connectivity index (χ2n) is 6.03. The van der Waals surface area contributed by atoms with Gasteiger partial charge in [0.15, 0.2) is 9.84 Å². The molecule has 0 atom stereocenters. The Hall–Kier alpha value is -2.95. The third-order valence-corrected chi connectivity index (χ3v) is 6.92. The number of aromatic carboxylic acids is 1. The zero-order chi connectivity index (χ0) is 19.6. The Morgan fingerprint density at radius 2 is 1.74 bits per heavy atom. The fourth-order valence-corrected chi connectivity index (χ4v) is 5.07. The van der Waals surface area contributed by atoms with Crippen molar-refractivity contribution in [2.75, 3.05) is 0 Å². The van der Waals surface area contributed by atoms with Gasteiger partial charge in [-0.25, -0.2) is 13.2 Å². The fraction of sp³-hybridized carbons (Fsp3) is 0.100. The third kappa shape index (κ3) is 4.08. The quantitative estimate of drug-likeness (QED) is 0.694. The minimum Gasteiger partial charge on any atom is -0.477 e. The Bertz CT molecular complexity index is 1140. The molecule has 1 aromatic heterocycles. The molecule has 5 nitrogen and oxygen atoms in total. The SMILES string of the molecule is Cc1ccc(S(=O)(=O)Cc2cc(-c3ccc(C#N)cc3)sc2C(=O)O)cc1. The van der Waals surface area contributed by atoms with Crippen LogP contribution in [0.1, 0.15) is 26.4 Å². The zero-order valence-electron chi connectivity index (χ0n) is 14.3. The van der Waals surface area contributed by atoms with Crippen molar-refractivity contribution in [2.45, 2.75) is 17.6 Å². The molecule has 3 aromatic rings. The van der Waals surface area contributed by atoms with Crippen LogP contribution in [0.3, 0.4) is 0 Å². The summed E-state index contributed by atoms with van der Waals surface area (Å²) in [5.74, 6) is -1.54. The highest BCUT2D eigenvalue weighted by Gasteiger charge is 2.23. The van der Waals surface area contributed by atoms with Crippen LogP contribution in [0.4, 0.5) is 0 Å². The van der Waals surface area contributed by atoms with Crippen molar-refractivity contribution in [3.05, 3.63) is 76.2 Å². The summed E-state index contributed by atoms with van der Waals surface area (Å²) in [4.78, 5) is 12.4. The summed E-state index contributed by atoms with van der Waals surface area (Å²) in [7, 11) is -3.67. The van der Waals surface area contributed by atoms with E-state index in [0.29, 0.717) is 10.4 Å². The monoisotopic (exact) mass is 397 g/mol. The first-order valence-corrected chi connectivity index (χ1v) is 10.4. The maximum atomic E-state index is 12.7. The number of carboxylic acid groups (broad SMARTS) is 1. The van der Waals surface area contributed by atoms with E-state index in [1.807, 2.05) is 13.0 Å². The third-order valence-electron chi connectivity index (χ3n) is 4.03. The molecule has 136 valence electrons. The van der Waals surface area contributed by atoms with Gasteiger partial charge < -0.3 is 5.11 Å². The summed E-state index contributed by atoms with van der Waals surface area (Å²) in [5.41, 5.74) is 2.43. The highest BCUT2D eigenvalue weighted by molar-refractivity contribution is 7.90. The lowest BCUT2D eigenvalue weighted by molar-refractivity contribution is 0.0701. The van der Waals surface area contributed by atoms with E-state index in [9.17, 15) is 18.3 Å². The van der Waals surface area contributed by atoms with Crippen molar-refractivity contribution < 1.29 is 18.3 Å². The largest absolute Gasteiger partial charge is 0.477 e. The topological polar surface area (TPSA) is 95.2 Å². The van der Waals surface area contributed by atoms with E-state index in [-0.39, 0.29) is 21.1 Å². The van der Waals surface area contributed by atoms with Gasteiger partial charge in [-0.15, -0.1) is 11.3 Å². The molecule has 1 heterocycles. The molecular weight excluding hydrogens is 382 g/mol. The Morgan fingerprint density at radius 1 is 1.11 bits per heavy atom. The van der Waals surface area contributed by atoms with Gasteiger partial charge in [0.25, 0.3) is 0 Å². The lowest BCUT2D eigenvalue weighted by Gasteiger charge is -2.05. The van der Waals surface area contributed by atoms with E-state index in [2.05, 4.69) is 0 Å². The zero-order valence-corrected chi connectivity index (χ0v) is 16.0. The van der Waals surface area contributed by atoms with E-state index >= 15 is 0 Å². The fourth-order valence-electron chi connectivity index (χ4n) is 2.60. The summed E-state index contributed by atoms with van der Waals surface area (Å²) in [6.45, 7) is 1.86. The first-order chi connectivity index (χ1) is 12.8. The first-order valence-electron chi connectivity index (χ1n) is 7.96. The molecule has 0 saturated heterocycles. The number of hydrogen-bond acceptors (Lipinski definition) is 5. The van der Waals surface area contributed by atoms with Crippen LogP contribution < -0.4 is 0 Å². The van der Waals surface area contributed by atoms with Crippen LogP contribution in [-0.2, 0) is 15.6 Å². The second kappa shape index (κ2) is 7.35. The number of carbonyl (C=O) groups is 1. The molecule has 0 bridgehead atoms. The van der Waals surface area contributed by atoms with Crippen molar-refractivity contribution in [1.29, 1.82) is 5.26 Å². The number of aryl methyl sites for hydroxylation is 1. The average Bonchev–Trinajstić information content (AvgIpc) is 3.05. The summed E-state index contributed by atoms with van der Waals surface area (Å²) in [5, 5.41) is 18.4. The molecule has 1 N–H and O–H groups in total. The predicted octanol–water partition coefficient (Wildman–Crippen LogP) is 4.27. The average molecular weight is 397 g/mol. The van der Waals surface area contributed by atoms with Crippen LogP contribution in [0.2, 0.25) is 0 Å². The summed E-state index contributed by atoms with van der Waals surface area (Å²) >= 11 is 1.03. The van der Waals surface area contributed by atoms with Gasteiger partial charge in [0, 0.05) is 4.88 Å². The minimum atomic E-state index is -3.67. The van der Waals surface area contributed by atoms with Gasteiger partial charge >= 0.3 is 5.97 Å². The number of hydrogen-bond donors (Lipinski definition) is 1. The molecule has 2 aromatic carbocycles. The molecule has 0 amide bonds. The number of sulfone groups is 1. The number of benzene rings is 2. The molecule has 0 unspecified atom stereocenters. The van der Waals surface area contributed by atoms with E-state index in [4.69, 9.17) is 5.26 Å². The molecule has 0 aliphatic rings. The van der Waals surface area contributed by atoms with Gasteiger partial charge in [-0.05, 0) is 48.4 Å². The molecule has 0 saturated carbocycles. The van der Waals surface area contributed by atoms with Crippen LogP contribution in [0.25, 0.3) is 10.4 Å². The Kier molecular flexibility index (Phi) is 5.13. The smallest absolute Gasteiger partial charge is 0.346 e. The van der Waals surface area contributed by atoms with Crippen molar-refractivity contribution in [2.24, 2.45) is 0 Å². The Morgan fingerprint density at radius 3 is 2.30 bits per heavy atom. The molecule has 7 heteroatoms. The van der Waals surface area contributed by atoms with Gasteiger partial charge in [0.2, 0.25) is 0 Å². The van der Waals surface area contributed by atoms with Crippen molar-refractivity contribution in [3.8, 4) is 16.5 Å². The molecule has 3 rings (SSSR count). The van der Waals surface area contributed by atoms with Crippen LogP contribution >= 0.6 is 11.3 Å². The molecule has 0 radical (unpaired) electrons. The van der Waals surface area contributed by atoms with Crippen molar-refractivity contribution in [3.63, 3.8) is 0 Å². The highest BCUT2D eigenvalue weighted by atomic mass is 32.2. The van der Waals surface area contributed by atoms with Crippen LogP contribution in [0.5, 0.6) is 0 Å². The van der Waals surface area contributed by atoms with E-state index in [0.717, 1.165) is 22.5 Å². The maximum absolute atomic E-state index is 12.7. The van der Waals surface area contributed by atoms with Gasteiger partial charge in [0.1, 0.15) is 4.88 Å². The van der Waals surface area contributed by atoms with Gasteiger partial charge in [-0.3, -0.25) is 0 Å². The number of rotatable bonds is 5. The Labute approximate surface area is 161 Å².